The van der Waals surface area contributed by atoms with E-state index in [1.807, 2.05) is 14.0 Å². The van der Waals surface area contributed by atoms with Gasteiger partial charge in [0.05, 0.1) is 5.69 Å². The van der Waals surface area contributed by atoms with E-state index in [0.29, 0.717) is 10.6 Å². The first-order valence-corrected chi connectivity index (χ1v) is 6.55. The molecule has 1 aromatic carbocycles. The summed E-state index contributed by atoms with van der Waals surface area (Å²) in [6, 6.07) is 3.49. The lowest BCUT2D eigenvalue weighted by molar-refractivity contribution is 0.584. The zero-order valence-electron chi connectivity index (χ0n) is 10.3. The van der Waals surface area contributed by atoms with E-state index < -0.39 is 11.6 Å². The van der Waals surface area contributed by atoms with E-state index in [0.717, 1.165) is 29.6 Å². The van der Waals surface area contributed by atoms with Crippen molar-refractivity contribution in [1.82, 2.24) is 10.3 Å². The van der Waals surface area contributed by atoms with Crippen molar-refractivity contribution in [1.29, 1.82) is 0 Å². The Hall–Kier alpha value is -1.33. The van der Waals surface area contributed by atoms with Crippen molar-refractivity contribution in [3.63, 3.8) is 0 Å². The van der Waals surface area contributed by atoms with Gasteiger partial charge in [0.25, 0.3) is 0 Å². The van der Waals surface area contributed by atoms with Crippen LogP contribution >= 0.6 is 11.3 Å². The standard InChI is InChI=1S/C13H14F2N2S/c1-3-11-12(7-16-2)18-13(17-11)8-4-9(14)6-10(15)5-8/h4-6,16H,3,7H2,1-2H3. The summed E-state index contributed by atoms with van der Waals surface area (Å²) in [5.41, 5.74) is 1.48. The lowest BCUT2D eigenvalue weighted by atomic mass is 10.2. The second-order valence-electron chi connectivity index (χ2n) is 3.93. The highest BCUT2D eigenvalue weighted by molar-refractivity contribution is 7.15. The molecule has 18 heavy (non-hydrogen) atoms. The highest BCUT2D eigenvalue weighted by Crippen LogP contribution is 2.29. The molecule has 0 aliphatic rings. The van der Waals surface area contributed by atoms with Gasteiger partial charge in [-0.2, -0.15) is 0 Å². The smallest absolute Gasteiger partial charge is 0.126 e. The summed E-state index contributed by atoms with van der Waals surface area (Å²) in [5, 5.41) is 3.73. The number of hydrogen-bond acceptors (Lipinski definition) is 3. The molecule has 2 nitrogen and oxygen atoms in total. The minimum absolute atomic E-state index is 0.495. The monoisotopic (exact) mass is 268 g/mol. The van der Waals surface area contributed by atoms with E-state index in [-0.39, 0.29) is 0 Å². The summed E-state index contributed by atoms with van der Waals surface area (Å²) >= 11 is 1.47. The van der Waals surface area contributed by atoms with Gasteiger partial charge in [-0.3, -0.25) is 0 Å². The van der Waals surface area contributed by atoms with Crippen LogP contribution in [0.4, 0.5) is 8.78 Å². The number of thiazole rings is 1. The molecule has 0 spiro atoms. The molecule has 0 atom stereocenters. The average molecular weight is 268 g/mol. The fourth-order valence-electron chi connectivity index (χ4n) is 1.76. The highest BCUT2D eigenvalue weighted by atomic mass is 32.1. The molecule has 0 aliphatic carbocycles. The quantitative estimate of drug-likeness (QED) is 0.919. The Bertz CT molecular complexity index is 532. The van der Waals surface area contributed by atoms with Gasteiger partial charge in [-0.05, 0) is 25.6 Å². The lowest BCUT2D eigenvalue weighted by Gasteiger charge is -1.97. The van der Waals surface area contributed by atoms with E-state index in [9.17, 15) is 8.78 Å². The molecule has 96 valence electrons. The Kier molecular flexibility index (Phi) is 4.04. The maximum absolute atomic E-state index is 13.2. The number of hydrogen-bond donors (Lipinski definition) is 1. The molecule has 0 saturated carbocycles. The molecule has 1 heterocycles. The fraction of sp³-hybridized carbons (Fsp3) is 0.308. The van der Waals surface area contributed by atoms with Gasteiger partial charge in [-0.25, -0.2) is 13.8 Å². The number of nitrogens with zero attached hydrogens (tertiary/aromatic N) is 1. The number of rotatable bonds is 4. The third kappa shape index (κ3) is 2.73. The van der Waals surface area contributed by atoms with Crippen LogP contribution in [0, 0.1) is 11.6 Å². The van der Waals surface area contributed by atoms with Crippen molar-refractivity contribution in [2.45, 2.75) is 19.9 Å². The predicted molar refractivity (Wildman–Crippen MR) is 69.6 cm³/mol. The van der Waals surface area contributed by atoms with Crippen molar-refractivity contribution < 1.29 is 8.78 Å². The molecule has 0 fully saturated rings. The van der Waals surface area contributed by atoms with Crippen LogP contribution in [0.2, 0.25) is 0 Å². The second kappa shape index (κ2) is 5.54. The van der Waals surface area contributed by atoms with Gasteiger partial charge in [0.15, 0.2) is 0 Å². The van der Waals surface area contributed by atoms with Gasteiger partial charge in [-0.1, -0.05) is 6.92 Å². The summed E-state index contributed by atoms with van der Waals surface area (Å²) in [5.74, 6) is -1.15. The Balaban J connectivity index is 2.43. The predicted octanol–water partition coefficient (Wildman–Crippen LogP) is 3.37. The van der Waals surface area contributed by atoms with Crippen LogP contribution in [0.15, 0.2) is 18.2 Å². The summed E-state index contributed by atoms with van der Waals surface area (Å²) in [6.45, 7) is 2.74. The first-order chi connectivity index (χ1) is 8.63. The first kappa shape index (κ1) is 13.1. The van der Waals surface area contributed by atoms with E-state index in [1.54, 1.807) is 0 Å². The second-order valence-corrected chi connectivity index (χ2v) is 5.01. The van der Waals surface area contributed by atoms with Crippen molar-refractivity contribution in [2.24, 2.45) is 0 Å². The molecular weight excluding hydrogens is 254 g/mol. The molecule has 1 N–H and O–H groups in total. The first-order valence-electron chi connectivity index (χ1n) is 5.73. The minimum Gasteiger partial charge on any atom is -0.315 e. The van der Waals surface area contributed by atoms with Crippen LogP contribution in [-0.4, -0.2) is 12.0 Å². The molecule has 0 unspecified atom stereocenters. The van der Waals surface area contributed by atoms with Crippen LogP contribution in [-0.2, 0) is 13.0 Å². The zero-order valence-corrected chi connectivity index (χ0v) is 11.1. The summed E-state index contributed by atoms with van der Waals surface area (Å²) in [7, 11) is 1.86. The number of nitrogens with one attached hydrogen (secondary N) is 1. The van der Waals surface area contributed by atoms with E-state index in [1.165, 1.54) is 23.5 Å². The van der Waals surface area contributed by atoms with E-state index >= 15 is 0 Å². The molecule has 5 heteroatoms. The van der Waals surface area contributed by atoms with Crippen LogP contribution in [0.3, 0.4) is 0 Å². The maximum atomic E-state index is 13.2. The Morgan fingerprint density at radius 3 is 2.44 bits per heavy atom. The van der Waals surface area contributed by atoms with E-state index in [4.69, 9.17) is 0 Å². The maximum Gasteiger partial charge on any atom is 0.126 e. The third-order valence-corrected chi connectivity index (χ3v) is 3.71. The van der Waals surface area contributed by atoms with Crippen LogP contribution < -0.4 is 5.32 Å². The van der Waals surface area contributed by atoms with Crippen LogP contribution in [0.5, 0.6) is 0 Å². The topological polar surface area (TPSA) is 24.9 Å². The van der Waals surface area contributed by atoms with E-state index in [2.05, 4.69) is 10.3 Å². The summed E-state index contributed by atoms with van der Waals surface area (Å²) < 4.78 is 26.4. The molecule has 0 aliphatic heterocycles. The van der Waals surface area contributed by atoms with Crippen LogP contribution in [0.25, 0.3) is 10.6 Å². The van der Waals surface area contributed by atoms with Gasteiger partial charge in [0.1, 0.15) is 16.6 Å². The lowest BCUT2D eigenvalue weighted by Crippen LogP contribution is -2.05. The molecule has 1 aromatic heterocycles. The highest BCUT2D eigenvalue weighted by Gasteiger charge is 2.12. The summed E-state index contributed by atoms with van der Waals surface area (Å²) in [4.78, 5) is 5.56. The van der Waals surface area contributed by atoms with Crippen molar-refractivity contribution >= 4 is 11.3 Å². The van der Waals surface area contributed by atoms with Crippen molar-refractivity contribution in [2.75, 3.05) is 7.05 Å². The SMILES string of the molecule is CCc1nc(-c2cc(F)cc(F)c2)sc1CNC. The number of benzene rings is 1. The third-order valence-electron chi connectivity index (χ3n) is 2.56. The molecule has 2 rings (SSSR count). The Morgan fingerprint density at radius 1 is 1.22 bits per heavy atom. The largest absolute Gasteiger partial charge is 0.315 e. The number of aryl methyl sites for hydroxylation is 1. The van der Waals surface area contributed by atoms with Crippen molar-refractivity contribution in [3.05, 3.63) is 40.4 Å². The molecule has 0 radical (unpaired) electrons. The molecule has 0 bridgehead atoms. The zero-order chi connectivity index (χ0) is 13.1. The van der Waals surface area contributed by atoms with Gasteiger partial charge >= 0.3 is 0 Å². The van der Waals surface area contributed by atoms with Crippen molar-refractivity contribution in [3.8, 4) is 10.6 Å². The Morgan fingerprint density at radius 2 is 1.89 bits per heavy atom. The molecule has 0 saturated heterocycles. The van der Waals surface area contributed by atoms with Gasteiger partial charge < -0.3 is 5.32 Å². The van der Waals surface area contributed by atoms with Gasteiger partial charge in [-0.15, -0.1) is 11.3 Å². The molecule has 0 amide bonds. The fourth-order valence-corrected chi connectivity index (χ4v) is 2.91. The summed E-state index contributed by atoms with van der Waals surface area (Å²) in [6.07, 6.45) is 0.811. The number of halogens is 2. The normalized spacial score (nSPS) is 10.9. The minimum atomic E-state index is -0.576. The van der Waals surface area contributed by atoms with Gasteiger partial charge in [0.2, 0.25) is 0 Å². The molecule has 2 aromatic rings. The van der Waals surface area contributed by atoms with Crippen LogP contribution in [0.1, 0.15) is 17.5 Å². The molecular formula is C13H14F2N2S. The Labute approximate surface area is 109 Å². The van der Waals surface area contributed by atoms with Gasteiger partial charge in [0, 0.05) is 23.1 Å². The number of aromatic nitrogens is 1. The average Bonchev–Trinajstić information content (AvgIpc) is 2.71.